The Bertz CT molecular complexity index is 2740. The first-order chi connectivity index (χ1) is 34.1. The maximum Gasteiger partial charge on any atom is 0.508 e. The minimum atomic E-state index is -0.951. The highest BCUT2D eigenvalue weighted by atomic mass is 16.7. The summed E-state index contributed by atoms with van der Waals surface area (Å²) in [7, 11) is 0. The lowest BCUT2D eigenvalue weighted by atomic mass is 9.98. The van der Waals surface area contributed by atoms with Gasteiger partial charge in [-0.25, -0.2) is 29.3 Å². The number of carbonyl (C=O) groups excluding carboxylic acids is 3. The number of nitro groups is 2. The zero-order valence-corrected chi connectivity index (χ0v) is 37.9. The Balaban J connectivity index is 0.795. The number of hydrogen-bond donors (Lipinski definition) is 2. The van der Waals surface area contributed by atoms with Crippen molar-refractivity contribution < 1.29 is 52.7 Å². The molecule has 364 valence electrons. The number of nitro benzene ring substituents is 2. The summed E-state index contributed by atoms with van der Waals surface area (Å²) >= 11 is 0. The summed E-state index contributed by atoms with van der Waals surface area (Å²) in [6.45, 7) is 1.31. The number of ether oxygens (including phenoxy) is 6. The molecule has 0 spiro atoms. The third-order valence-electron chi connectivity index (χ3n) is 11.9. The minimum absolute atomic E-state index is 0.00536. The van der Waals surface area contributed by atoms with Crippen LogP contribution in [0.2, 0.25) is 0 Å². The Morgan fingerprint density at radius 3 is 1.99 bits per heavy atom. The lowest BCUT2D eigenvalue weighted by molar-refractivity contribution is -0.385. The van der Waals surface area contributed by atoms with Gasteiger partial charge < -0.3 is 33.7 Å². The van der Waals surface area contributed by atoms with Crippen molar-refractivity contribution in [2.75, 3.05) is 44.9 Å². The number of nitrogens with one attached hydrogen (secondary N) is 2. The number of benzene rings is 4. The molecule has 6 aromatic rings. The van der Waals surface area contributed by atoms with Gasteiger partial charge in [0.25, 0.3) is 11.4 Å². The van der Waals surface area contributed by atoms with Crippen molar-refractivity contribution in [1.29, 1.82) is 0 Å². The van der Waals surface area contributed by atoms with E-state index >= 15 is 0 Å². The van der Waals surface area contributed by atoms with Crippen LogP contribution < -0.4 is 10.6 Å². The zero-order chi connectivity index (χ0) is 48.8. The maximum absolute atomic E-state index is 13.0. The van der Waals surface area contributed by atoms with Crippen LogP contribution in [0.25, 0.3) is 22.3 Å². The summed E-state index contributed by atoms with van der Waals surface area (Å²) in [5.74, 6) is 0.0484. The average Bonchev–Trinajstić information content (AvgIpc) is 4.07. The lowest BCUT2D eigenvalue weighted by Gasteiger charge is -2.20. The largest absolute Gasteiger partial charge is 0.508 e. The van der Waals surface area contributed by atoms with Gasteiger partial charge >= 0.3 is 18.3 Å². The molecule has 0 saturated carbocycles. The molecular formula is C49H50N8O13. The molecule has 1 saturated heterocycles. The van der Waals surface area contributed by atoms with Crippen molar-refractivity contribution in [2.45, 2.75) is 69.3 Å². The number of alkyl carbamates (subject to hydrolysis) is 1. The number of rotatable bonds is 22. The third kappa shape index (κ3) is 12.3. The molecule has 1 aliphatic heterocycles. The number of anilines is 1. The molecule has 2 N–H and O–H groups in total. The Morgan fingerprint density at radius 2 is 1.33 bits per heavy atom. The normalized spacial score (nSPS) is 16.0. The van der Waals surface area contributed by atoms with E-state index in [1.807, 2.05) is 24.3 Å². The molecule has 1 fully saturated rings. The van der Waals surface area contributed by atoms with E-state index in [1.54, 1.807) is 28.8 Å². The number of amides is 2. The molecule has 4 aromatic carbocycles. The van der Waals surface area contributed by atoms with Gasteiger partial charge in [0.05, 0.1) is 42.1 Å². The minimum Gasteiger partial charge on any atom is -0.449 e. The van der Waals surface area contributed by atoms with E-state index in [0.29, 0.717) is 26.0 Å². The van der Waals surface area contributed by atoms with Crippen LogP contribution in [0.5, 0.6) is 0 Å². The van der Waals surface area contributed by atoms with Gasteiger partial charge in [-0.3, -0.25) is 30.1 Å². The highest BCUT2D eigenvalue weighted by Crippen LogP contribution is 2.44. The molecule has 2 aliphatic rings. The van der Waals surface area contributed by atoms with E-state index in [1.165, 1.54) is 48.0 Å². The summed E-state index contributed by atoms with van der Waals surface area (Å²) in [4.78, 5) is 72.3. The molecule has 0 radical (unpaired) electrons. The number of aromatic nitrogens is 4. The number of carbonyl (C=O) groups is 3. The number of imidazole rings is 1. The monoisotopic (exact) mass is 958 g/mol. The summed E-state index contributed by atoms with van der Waals surface area (Å²) in [6, 6.07) is 28.2. The van der Waals surface area contributed by atoms with Gasteiger partial charge in [-0.05, 0) is 46.2 Å². The highest BCUT2D eigenvalue weighted by Gasteiger charge is 2.41. The summed E-state index contributed by atoms with van der Waals surface area (Å²) in [6.07, 6.45) is 2.24. The van der Waals surface area contributed by atoms with Gasteiger partial charge in [-0.1, -0.05) is 85.6 Å². The number of fused-ring (bicyclic) bond motifs is 4. The molecule has 21 heteroatoms. The second kappa shape index (κ2) is 23.3. The van der Waals surface area contributed by atoms with Crippen LogP contribution in [0.4, 0.5) is 31.6 Å². The predicted molar refractivity (Wildman–Crippen MR) is 251 cm³/mol. The Kier molecular flexibility index (Phi) is 16.1. The maximum atomic E-state index is 13.0. The Hall–Kier alpha value is -8.04. The molecule has 2 amide bonds. The molecule has 8 rings (SSSR count). The van der Waals surface area contributed by atoms with Gasteiger partial charge in [0.2, 0.25) is 0 Å². The fourth-order valence-corrected chi connectivity index (χ4v) is 8.41. The smallest absolute Gasteiger partial charge is 0.449 e. The lowest BCUT2D eigenvalue weighted by Crippen LogP contribution is -2.27. The number of non-ortho nitro benzene ring substituents is 2. The number of unbranched alkanes of at least 4 members (excludes halogenated alkanes) is 3. The number of hydrogen-bond acceptors (Lipinski definition) is 16. The molecule has 3 atom stereocenters. The highest BCUT2D eigenvalue weighted by molar-refractivity contribution is 5.93. The van der Waals surface area contributed by atoms with Gasteiger partial charge in [-0.2, -0.15) is 0 Å². The zero-order valence-electron chi connectivity index (χ0n) is 37.9. The van der Waals surface area contributed by atoms with Crippen molar-refractivity contribution in [2.24, 2.45) is 0 Å². The van der Waals surface area contributed by atoms with Crippen molar-refractivity contribution in [1.82, 2.24) is 24.8 Å². The van der Waals surface area contributed by atoms with Gasteiger partial charge in [0.1, 0.15) is 12.9 Å². The first-order valence-corrected chi connectivity index (χ1v) is 22.8. The van der Waals surface area contributed by atoms with Crippen LogP contribution in [0.3, 0.4) is 0 Å². The van der Waals surface area contributed by atoms with Gasteiger partial charge in [0.15, 0.2) is 29.3 Å². The van der Waals surface area contributed by atoms with E-state index in [2.05, 4.69) is 49.9 Å². The van der Waals surface area contributed by atoms with Crippen molar-refractivity contribution in [3.05, 3.63) is 152 Å². The number of nitrogens with zero attached hydrogens (tertiary/aromatic N) is 6. The predicted octanol–water partition coefficient (Wildman–Crippen LogP) is 8.60. The van der Waals surface area contributed by atoms with E-state index in [0.717, 1.165) is 47.9 Å². The fraction of sp³-hybridized carbons (Fsp3) is 0.347. The molecule has 0 bridgehead atoms. The Labute approximate surface area is 400 Å². The van der Waals surface area contributed by atoms with Crippen molar-refractivity contribution in [3.63, 3.8) is 0 Å². The molecular weight excluding hydrogens is 909 g/mol. The molecule has 1 aliphatic carbocycles. The van der Waals surface area contributed by atoms with E-state index in [4.69, 9.17) is 28.4 Å². The first-order valence-electron chi connectivity index (χ1n) is 22.8. The van der Waals surface area contributed by atoms with Crippen LogP contribution in [0.15, 0.2) is 110 Å². The second-order valence-electron chi connectivity index (χ2n) is 16.5. The van der Waals surface area contributed by atoms with Crippen LogP contribution >= 0.6 is 0 Å². The topological polar surface area (TPSA) is 261 Å². The molecule has 21 nitrogen and oxygen atoms in total. The second-order valence-corrected chi connectivity index (χ2v) is 16.5. The SMILES string of the molecule is O=C(NCCCCCCOC[C@@H]1C[C@@H](OC(=O)OCCc2ccc([N+](=O)[O-])cc2)[C@H](n2cnc3c(NC(=O)OCCc4ccc([N+](=O)[O-])cc4)ncnc32)O1)OCC1c2ccccc2-c2ccccc21. The summed E-state index contributed by atoms with van der Waals surface area (Å²) in [5, 5.41) is 27.4. The van der Waals surface area contributed by atoms with Crippen LogP contribution in [0.1, 0.15) is 66.5 Å². The van der Waals surface area contributed by atoms with E-state index < -0.39 is 46.6 Å². The van der Waals surface area contributed by atoms with Crippen LogP contribution in [-0.4, -0.2) is 99.5 Å². The summed E-state index contributed by atoms with van der Waals surface area (Å²) in [5.41, 5.74) is 6.49. The fourth-order valence-electron chi connectivity index (χ4n) is 8.41. The standard InChI is InChI=1S/C49H50N8O13/c58-47(68-29-41-39-11-5-3-9-37(39)38-10-4-6-12-40(38)41)50-23-7-1-2-8-24-65-28-36-27-42(70-49(60)67-26-22-33-15-19-35(20-16-33)57(63)64)46(69-36)55-31-53-43-44(51-30-52-45(43)55)54-48(59)66-25-21-32-13-17-34(18-14-32)56(61)62/h3-6,9-20,30-31,36,41-42,46H,1-2,7-8,21-29H2,(H,50,58)(H,51,52,54,59)/t36-,42+,46+/m0/s1. The van der Waals surface area contributed by atoms with Gasteiger partial charge in [0, 0.05) is 62.6 Å². The quantitative estimate of drug-likeness (QED) is 0.0212. The Morgan fingerprint density at radius 1 is 0.700 bits per heavy atom. The average molecular weight is 959 g/mol. The summed E-state index contributed by atoms with van der Waals surface area (Å²) < 4.78 is 36.1. The molecule has 2 aromatic heterocycles. The van der Waals surface area contributed by atoms with E-state index in [-0.39, 0.29) is 67.1 Å². The van der Waals surface area contributed by atoms with Crippen LogP contribution in [0, 0.1) is 20.2 Å². The van der Waals surface area contributed by atoms with Crippen LogP contribution in [-0.2, 0) is 41.3 Å². The first kappa shape index (κ1) is 48.4. The van der Waals surface area contributed by atoms with Crippen molar-refractivity contribution >= 4 is 46.7 Å². The van der Waals surface area contributed by atoms with E-state index in [9.17, 15) is 34.6 Å². The molecule has 3 heterocycles. The van der Waals surface area contributed by atoms with Gasteiger partial charge in [-0.15, -0.1) is 0 Å². The third-order valence-corrected chi connectivity index (χ3v) is 11.9. The molecule has 0 unspecified atom stereocenters. The molecule has 70 heavy (non-hydrogen) atoms. The van der Waals surface area contributed by atoms with Crippen molar-refractivity contribution in [3.8, 4) is 11.1 Å².